The van der Waals surface area contributed by atoms with Crippen LogP contribution in [0, 0.1) is 5.41 Å². The number of halogens is 2. The van der Waals surface area contributed by atoms with Gasteiger partial charge in [-0.25, -0.2) is 13.1 Å². The zero-order valence-corrected chi connectivity index (χ0v) is 23.8. The highest BCUT2D eigenvalue weighted by Gasteiger charge is 2.52. The fourth-order valence-corrected chi connectivity index (χ4v) is 7.38. The van der Waals surface area contributed by atoms with Gasteiger partial charge in [0.15, 0.2) is 0 Å². The van der Waals surface area contributed by atoms with Gasteiger partial charge in [0, 0.05) is 28.0 Å². The maximum absolute atomic E-state index is 14.2. The van der Waals surface area contributed by atoms with Crippen molar-refractivity contribution in [3.05, 3.63) is 69.7 Å². The van der Waals surface area contributed by atoms with Crippen molar-refractivity contribution in [2.75, 3.05) is 5.75 Å². The predicted molar refractivity (Wildman–Crippen MR) is 146 cm³/mol. The molecule has 0 aromatic heterocycles. The molecule has 2 aromatic carbocycles. The minimum absolute atomic E-state index is 0.260. The zero-order chi connectivity index (χ0) is 27.5. The first-order chi connectivity index (χ1) is 17.3. The van der Waals surface area contributed by atoms with Crippen molar-refractivity contribution < 1.29 is 23.1 Å². The van der Waals surface area contributed by atoms with Crippen LogP contribution in [0.5, 0.6) is 0 Å². The molecule has 202 valence electrons. The van der Waals surface area contributed by atoms with E-state index in [2.05, 4.69) is 4.72 Å². The highest BCUT2D eigenvalue weighted by atomic mass is 35.5. The van der Waals surface area contributed by atoms with E-state index in [1.165, 1.54) is 0 Å². The van der Waals surface area contributed by atoms with E-state index in [1.807, 2.05) is 37.3 Å². The molecule has 0 spiro atoms. The lowest BCUT2D eigenvalue weighted by atomic mass is 9.67. The highest BCUT2D eigenvalue weighted by Crippen LogP contribution is 2.52. The van der Waals surface area contributed by atoms with Gasteiger partial charge in [-0.05, 0) is 62.1 Å². The molecule has 1 aliphatic rings. The molecule has 0 saturated carbocycles. The molecule has 0 aliphatic carbocycles. The number of aliphatic carboxylic acids is 1. The first kappa shape index (κ1) is 29.4. The van der Waals surface area contributed by atoms with E-state index < -0.39 is 33.5 Å². The molecule has 37 heavy (non-hydrogen) atoms. The van der Waals surface area contributed by atoms with E-state index in [0.29, 0.717) is 16.5 Å². The molecular weight excluding hydrogens is 535 g/mol. The van der Waals surface area contributed by atoms with Crippen molar-refractivity contribution in [2.45, 2.75) is 71.0 Å². The Morgan fingerprint density at radius 3 is 2.32 bits per heavy atom. The molecule has 4 atom stereocenters. The summed E-state index contributed by atoms with van der Waals surface area (Å²) in [5, 5.41) is 10.8. The monoisotopic (exact) mass is 568 g/mol. The molecule has 1 amide bonds. The van der Waals surface area contributed by atoms with E-state index >= 15 is 0 Å². The van der Waals surface area contributed by atoms with E-state index in [9.17, 15) is 23.1 Å². The molecule has 1 aliphatic heterocycles. The number of hydrogen-bond donors (Lipinski definition) is 2. The number of sulfonamides is 1. The second kappa shape index (κ2) is 11.7. The number of piperidine rings is 1. The van der Waals surface area contributed by atoms with E-state index in [-0.39, 0.29) is 36.5 Å². The van der Waals surface area contributed by atoms with Crippen molar-refractivity contribution in [1.29, 1.82) is 0 Å². The number of likely N-dealkylation sites (tertiary alicyclic amines) is 1. The van der Waals surface area contributed by atoms with Crippen LogP contribution in [0.25, 0.3) is 0 Å². The van der Waals surface area contributed by atoms with Gasteiger partial charge in [-0.2, -0.15) is 0 Å². The predicted octanol–water partition coefficient (Wildman–Crippen LogP) is 5.64. The van der Waals surface area contributed by atoms with Gasteiger partial charge in [0.05, 0.1) is 23.6 Å². The third kappa shape index (κ3) is 7.05. The van der Waals surface area contributed by atoms with Crippen molar-refractivity contribution in [1.82, 2.24) is 9.62 Å². The Balaban J connectivity index is 2.23. The fourth-order valence-electron chi connectivity index (χ4n) is 5.34. The van der Waals surface area contributed by atoms with Gasteiger partial charge in [0.1, 0.15) is 0 Å². The van der Waals surface area contributed by atoms with Crippen molar-refractivity contribution >= 4 is 45.1 Å². The smallest absolute Gasteiger partial charge is 0.304 e. The fraction of sp³-hybridized carbons (Fsp3) is 0.481. The number of benzene rings is 2. The molecule has 10 heteroatoms. The van der Waals surface area contributed by atoms with Crippen LogP contribution in [0.1, 0.15) is 70.0 Å². The van der Waals surface area contributed by atoms with Gasteiger partial charge in [0.2, 0.25) is 15.9 Å². The van der Waals surface area contributed by atoms with Gasteiger partial charge in [-0.15, -0.1) is 0 Å². The largest absolute Gasteiger partial charge is 0.481 e. The van der Waals surface area contributed by atoms with Crippen LogP contribution in [0.3, 0.4) is 0 Å². The van der Waals surface area contributed by atoms with Crippen LogP contribution in [-0.4, -0.2) is 48.1 Å². The molecule has 3 rings (SSSR count). The minimum Gasteiger partial charge on any atom is -0.481 e. The Morgan fingerprint density at radius 1 is 1.14 bits per heavy atom. The quantitative estimate of drug-likeness (QED) is 0.386. The summed E-state index contributed by atoms with van der Waals surface area (Å²) in [6.45, 7) is 6.96. The van der Waals surface area contributed by atoms with Crippen molar-refractivity contribution in [2.24, 2.45) is 5.41 Å². The topological polar surface area (TPSA) is 104 Å². The van der Waals surface area contributed by atoms with Crippen molar-refractivity contribution in [3.63, 3.8) is 0 Å². The standard InChI is InChI=1S/C27H34Cl2N2O5S/c1-5-22(16-37(35,36)30-17(2)3)31-25(18-9-11-20(28)12-10-18)23(19-7-6-8-21(29)13-19)14-27(4,26(31)34)15-24(32)33/h6-13,17,22-23,25,30H,5,14-16H2,1-4H3,(H,32,33)/t22-,23+,25+,27+/m0/s1. The van der Waals surface area contributed by atoms with Crippen LogP contribution in [0.2, 0.25) is 10.0 Å². The summed E-state index contributed by atoms with van der Waals surface area (Å²) >= 11 is 12.5. The summed E-state index contributed by atoms with van der Waals surface area (Å²) in [7, 11) is -3.73. The number of hydrogen-bond acceptors (Lipinski definition) is 4. The first-order valence-corrected chi connectivity index (χ1v) is 14.7. The lowest BCUT2D eigenvalue weighted by Gasteiger charge is -2.51. The number of nitrogens with one attached hydrogen (secondary N) is 1. The maximum Gasteiger partial charge on any atom is 0.304 e. The third-order valence-corrected chi connectivity index (χ3v) is 8.96. The average Bonchev–Trinajstić information content (AvgIpc) is 2.78. The average molecular weight is 570 g/mol. The van der Waals surface area contributed by atoms with Crippen LogP contribution < -0.4 is 4.72 Å². The number of carbonyl (C=O) groups excluding carboxylic acids is 1. The number of carboxylic acids is 1. The van der Waals surface area contributed by atoms with Crippen LogP contribution in [-0.2, 0) is 19.6 Å². The van der Waals surface area contributed by atoms with Gasteiger partial charge < -0.3 is 10.0 Å². The van der Waals surface area contributed by atoms with Gasteiger partial charge in [-0.3, -0.25) is 9.59 Å². The van der Waals surface area contributed by atoms with E-state index in [4.69, 9.17) is 23.2 Å². The Kier molecular flexibility index (Phi) is 9.32. The van der Waals surface area contributed by atoms with Crippen molar-refractivity contribution in [3.8, 4) is 0 Å². The Hall–Kier alpha value is -2.13. The third-order valence-electron chi connectivity index (χ3n) is 6.82. The molecule has 0 unspecified atom stereocenters. The lowest BCUT2D eigenvalue weighted by molar-refractivity contribution is -0.160. The summed E-state index contributed by atoms with van der Waals surface area (Å²) < 4.78 is 28.6. The van der Waals surface area contributed by atoms with Gasteiger partial charge in [-0.1, -0.05) is 61.3 Å². The summed E-state index contributed by atoms with van der Waals surface area (Å²) in [6, 6.07) is 12.9. The molecule has 0 radical (unpaired) electrons. The van der Waals surface area contributed by atoms with Gasteiger partial charge >= 0.3 is 5.97 Å². The second-order valence-electron chi connectivity index (χ2n) is 10.3. The molecule has 0 bridgehead atoms. The Morgan fingerprint density at radius 2 is 1.78 bits per heavy atom. The summed E-state index contributed by atoms with van der Waals surface area (Å²) in [5.74, 6) is -2.10. The normalized spacial score (nSPS) is 23.3. The molecule has 2 N–H and O–H groups in total. The Bertz CT molecular complexity index is 1240. The SMILES string of the molecule is CC[C@@H](CS(=O)(=O)NC(C)C)N1C(=O)[C@@](C)(CC(=O)O)C[C@H](c2cccc(Cl)c2)[C@H]1c1ccc(Cl)cc1. The molecule has 1 fully saturated rings. The summed E-state index contributed by atoms with van der Waals surface area (Å²) in [5.41, 5.74) is 0.386. The lowest BCUT2D eigenvalue weighted by Crippen LogP contribution is -2.58. The summed E-state index contributed by atoms with van der Waals surface area (Å²) in [4.78, 5) is 27.7. The number of carboxylic acid groups (broad SMARTS) is 1. The highest BCUT2D eigenvalue weighted by molar-refractivity contribution is 7.89. The van der Waals surface area contributed by atoms with E-state index in [1.54, 1.807) is 43.9 Å². The number of amides is 1. The molecule has 2 aromatic rings. The molecule has 1 saturated heterocycles. The molecular formula is C27H34Cl2N2O5S. The number of nitrogens with zero attached hydrogens (tertiary/aromatic N) is 1. The molecule has 7 nitrogen and oxygen atoms in total. The maximum atomic E-state index is 14.2. The number of carbonyl (C=O) groups is 2. The number of rotatable bonds is 10. The van der Waals surface area contributed by atoms with Crippen LogP contribution in [0.15, 0.2) is 48.5 Å². The summed E-state index contributed by atoms with van der Waals surface area (Å²) in [6.07, 6.45) is 0.246. The van der Waals surface area contributed by atoms with Crippen LogP contribution in [0.4, 0.5) is 0 Å². The second-order valence-corrected chi connectivity index (χ2v) is 13.0. The van der Waals surface area contributed by atoms with Crippen LogP contribution >= 0.6 is 23.2 Å². The minimum atomic E-state index is -3.73. The Labute approximate surface area is 229 Å². The molecule has 1 heterocycles. The first-order valence-electron chi connectivity index (χ1n) is 12.3. The van der Waals surface area contributed by atoms with E-state index in [0.717, 1.165) is 11.1 Å². The zero-order valence-electron chi connectivity index (χ0n) is 21.4. The van der Waals surface area contributed by atoms with Gasteiger partial charge in [0.25, 0.3) is 0 Å².